The first kappa shape index (κ1) is 16.0. The third-order valence-corrected chi connectivity index (χ3v) is 3.21. The van der Waals surface area contributed by atoms with Crippen LogP contribution in [0.3, 0.4) is 0 Å². The smallest absolute Gasteiger partial charge is 0.265 e. The molecule has 0 aliphatic rings. The number of aryl methyl sites for hydroxylation is 1. The molecule has 0 bridgehead atoms. The van der Waals surface area contributed by atoms with Gasteiger partial charge in [-0.3, -0.25) is 4.79 Å². The maximum absolute atomic E-state index is 12.2. The van der Waals surface area contributed by atoms with Crippen LogP contribution in [-0.2, 0) is 16.1 Å². The molecular weight excluding hydrogens is 278 g/mol. The van der Waals surface area contributed by atoms with Crippen molar-refractivity contribution in [3.8, 4) is 5.75 Å². The van der Waals surface area contributed by atoms with Gasteiger partial charge in [0.15, 0.2) is 6.10 Å². The molecule has 2 rings (SSSR count). The maximum atomic E-state index is 12.2. The van der Waals surface area contributed by atoms with Crippen LogP contribution in [0.25, 0.3) is 0 Å². The second-order valence-corrected chi connectivity index (χ2v) is 5.20. The van der Waals surface area contributed by atoms with Gasteiger partial charge in [-0.25, -0.2) is 0 Å². The van der Waals surface area contributed by atoms with Crippen LogP contribution in [0.4, 0.5) is 5.69 Å². The second-order valence-electron chi connectivity index (χ2n) is 5.20. The minimum Gasteiger partial charge on any atom is -0.481 e. The number of anilines is 1. The Labute approximate surface area is 131 Å². The number of carbonyl (C=O) groups is 1. The highest BCUT2D eigenvalue weighted by Crippen LogP contribution is 2.15. The summed E-state index contributed by atoms with van der Waals surface area (Å²) in [5, 5.41) is 2.85. The van der Waals surface area contributed by atoms with Crippen molar-refractivity contribution in [2.24, 2.45) is 0 Å². The summed E-state index contributed by atoms with van der Waals surface area (Å²) in [5.74, 6) is 0.497. The van der Waals surface area contributed by atoms with Crippen molar-refractivity contribution < 1.29 is 14.3 Å². The fourth-order valence-electron chi connectivity index (χ4n) is 2.02. The van der Waals surface area contributed by atoms with Gasteiger partial charge in [0.2, 0.25) is 0 Å². The molecule has 4 heteroatoms. The molecule has 0 aliphatic carbocycles. The predicted octanol–water partition coefficient (Wildman–Crippen LogP) is 3.55. The van der Waals surface area contributed by atoms with Crippen molar-refractivity contribution in [2.75, 3.05) is 12.4 Å². The highest BCUT2D eigenvalue weighted by Gasteiger charge is 2.14. The quantitative estimate of drug-likeness (QED) is 0.887. The van der Waals surface area contributed by atoms with E-state index in [9.17, 15) is 4.79 Å². The van der Waals surface area contributed by atoms with Crippen molar-refractivity contribution in [2.45, 2.75) is 26.6 Å². The van der Waals surface area contributed by atoms with Crippen molar-refractivity contribution in [1.29, 1.82) is 0 Å². The van der Waals surface area contributed by atoms with Crippen molar-refractivity contribution in [3.05, 3.63) is 59.7 Å². The third-order valence-electron chi connectivity index (χ3n) is 3.21. The summed E-state index contributed by atoms with van der Waals surface area (Å²) in [6.45, 7) is 4.25. The summed E-state index contributed by atoms with van der Waals surface area (Å²) in [6, 6.07) is 15.2. The van der Waals surface area contributed by atoms with Crippen LogP contribution in [0.15, 0.2) is 48.5 Å². The van der Waals surface area contributed by atoms with E-state index in [1.807, 2.05) is 55.5 Å². The van der Waals surface area contributed by atoms with Crippen LogP contribution in [0.2, 0.25) is 0 Å². The summed E-state index contributed by atoms with van der Waals surface area (Å²) >= 11 is 0. The number of benzene rings is 2. The van der Waals surface area contributed by atoms with Crippen molar-refractivity contribution in [1.82, 2.24) is 0 Å². The molecule has 0 radical (unpaired) electrons. The Morgan fingerprint density at radius 2 is 1.91 bits per heavy atom. The minimum atomic E-state index is -0.575. The SMILES string of the molecule is COCc1cccc(NC(=O)[C@H](C)Oc2ccc(C)cc2)c1. The van der Waals surface area contributed by atoms with Gasteiger partial charge >= 0.3 is 0 Å². The zero-order valence-corrected chi connectivity index (χ0v) is 13.1. The summed E-state index contributed by atoms with van der Waals surface area (Å²) in [6.07, 6.45) is -0.575. The van der Waals surface area contributed by atoms with Gasteiger partial charge in [-0.1, -0.05) is 29.8 Å². The molecule has 0 unspecified atom stereocenters. The van der Waals surface area contributed by atoms with Crippen molar-refractivity contribution >= 4 is 11.6 Å². The van der Waals surface area contributed by atoms with Crippen LogP contribution in [0, 0.1) is 6.92 Å². The Kier molecular flexibility index (Phi) is 5.55. The molecular formula is C18H21NO3. The number of hydrogen-bond donors (Lipinski definition) is 1. The zero-order chi connectivity index (χ0) is 15.9. The molecule has 0 aliphatic heterocycles. The lowest BCUT2D eigenvalue weighted by molar-refractivity contribution is -0.122. The van der Waals surface area contributed by atoms with Gasteiger partial charge in [0.1, 0.15) is 5.75 Å². The minimum absolute atomic E-state index is 0.185. The van der Waals surface area contributed by atoms with Gasteiger partial charge in [-0.15, -0.1) is 0 Å². The monoisotopic (exact) mass is 299 g/mol. The van der Waals surface area contributed by atoms with E-state index < -0.39 is 6.10 Å². The van der Waals surface area contributed by atoms with E-state index in [1.54, 1.807) is 14.0 Å². The molecule has 0 fully saturated rings. The number of methoxy groups -OCH3 is 1. The fraction of sp³-hybridized carbons (Fsp3) is 0.278. The second kappa shape index (κ2) is 7.61. The predicted molar refractivity (Wildman–Crippen MR) is 87.1 cm³/mol. The lowest BCUT2D eigenvalue weighted by atomic mass is 10.2. The largest absolute Gasteiger partial charge is 0.481 e. The van der Waals surface area contributed by atoms with E-state index in [-0.39, 0.29) is 5.91 Å². The summed E-state index contributed by atoms with van der Waals surface area (Å²) in [5.41, 5.74) is 2.89. The topological polar surface area (TPSA) is 47.6 Å². The molecule has 2 aromatic rings. The molecule has 2 aromatic carbocycles. The molecule has 1 atom stereocenters. The third kappa shape index (κ3) is 4.60. The summed E-state index contributed by atoms with van der Waals surface area (Å²) in [7, 11) is 1.64. The molecule has 0 spiro atoms. The first-order chi connectivity index (χ1) is 10.6. The normalized spacial score (nSPS) is 11.8. The standard InChI is InChI=1S/C18H21NO3/c1-13-7-9-17(10-8-13)22-14(2)18(20)19-16-6-4-5-15(11-16)12-21-3/h4-11,14H,12H2,1-3H3,(H,19,20)/t14-/m0/s1. The molecule has 22 heavy (non-hydrogen) atoms. The van der Waals surface area contributed by atoms with E-state index in [0.29, 0.717) is 12.4 Å². The summed E-state index contributed by atoms with van der Waals surface area (Å²) in [4.78, 5) is 12.2. The molecule has 0 saturated carbocycles. The van der Waals surface area contributed by atoms with E-state index in [4.69, 9.17) is 9.47 Å². The first-order valence-electron chi connectivity index (χ1n) is 7.20. The lowest BCUT2D eigenvalue weighted by Crippen LogP contribution is -2.30. The summed E-state index contributed by atoms with van der Waals surface area (Å²) < 4.78 is 10.7. The van der Waals surface area contributed by atoms with Crippen LogP contribution >= 0.6 is 0 Å². The number of ether oxygens (including phenoxy) is 2. The zero-order valence-electron chi connectivity index (χ0n) is 13.1. The molecule has 0 aromatic heterocycles. The molecule has 0 heterocycles. The van der Waals surface area contributed by atoms with Gasteiger partial charge in [-0.05, 0) is 43.7 Å². The maximum Gasteiger partial charge on any atom is 0.265 e. The molecule has 116 valence electrons. The Morgan fingerprint density at radius 3 is 2.59 bits per heavy atom. The Bertz CT molecular complexity index is 622. The van der Waals surface area contributed by atoms with Crippen molar-refractivity contribution in [3.63, 3.8) is 0 Å². The fourth-order valence-corrected chi connectivity index (χ4v) is 2.02. The van der Waals surface area contributed by atoms with Gasteiger partial charge < -0.3 is 14.8 Å². The number of nitrogens with one attached hydrogen (secondary N) is 1. The molecule has 4 nitrogen and oxygen atoms in total. The van der Waals surface area contributed by atoms with E-state index in [2.05, 4.69) is 5.32 Å². The first-order valence-corrected chi connectivity index (χ1v) is 7.20. The number of rotatable bonds is 6. The highest BCUT2D eigenvalue weighted by molar-refractivity contribution is 5.94. The van der Waals surface area contributed by atoms with E-state index in [1.165, 1.54) is 0 Å². The van der Waals surface area contributed by atoms with Gasteiger partial charge in [-0.2, -0.15) is 0 Å². The Hall–Kier alpha value is -2.33. The molecule has 0 saturated heterocycles. The van der Waals surface area contributed by atoms with Gasteiger partial charge in [0, 0.05) is 12.8 Å². The van der Waals surface area contributed by atoms with E-state index >= 15 is 0 Å². The van der Waals surface area contributed by atoms with Gasteiger partial charge in [0.05, 0.1) is 6.61 Å². The average Bonchev–Trinajstić information content (AvgIpc) is 2.50. The number of hydrogen-bond acceptors (Lipinski definition) is 3. The number of amides is 1. The van der Waals surface area contributed by atoms with Crippen LogP contribution in [0.1, 0.15) is 18.1 Å². The van der Waals surface area contributed by atoms with Crippen LogP contribution in [0.5, 0.6) is 5.75 Å². The van der Waals surface area contributed by atoms with Crippen LogP contribution < -0.4 is 10.1 Å². The Morgan fingerprint density at radius 1 is 1.18 bits per heavy atom. The molecule has 1 N–H and O–H groups in total. The van der Waals surface area contributed by atoms with Gasteiger partial charge in [0.25, 0.3) is 5.91 Å². The molecule has 1 amide bonds. The Balaban J connectivity index is 1.96. The highest BCUT2D eigenvalue weighted by atomic mass is 16.5. The lowest BCUT2D eigenvalue weighted by Gasteiger charge is -2.15. The van der Waals surface area contributed by atoms with Crippen LogP contribution in [-0.4, -0.2) is 19.1 Å². The number of carbonyl (C=O) groups excluding carboxylic acids is 1. The average molecular weight is 299 g/mol. The van der Waals surface area contributed by atoms with E-state index in [0.717, 1.165) is 16.8 Å².